The maximum absolute atomic E-state index is 3.32. The van der Waals surface area contributed by atoms with Gasteiger partial charge in [-0.15, -0.1) is 0 Å². The van der Waals surface area contributed by atoms with Gasteiger partial charge in [0, 0.05) is 21.4 Å². The molecule has 0 aliphatic rings. The van der Waals surface area contributed by atoms with Gasteiger partial charge < -0.3 is 24.0 Å². The third kappa shape index (κ3) is 12.2. The summed E-state index contributed by atoms with van der Waals surface area (Å²) in [7, 11) is -0.822. The van der Waals surface area contributed by atoms with E-state index in [1.165, 1.54) is 63.2 Å². The Kier molecular flexibility index (Phi) is 14.6. The second-order valence-corrected chi connectivity index (χ2v) is 14.2. The van der Waals surface area contributed by atoms with Crippen LogP contribution >= 0.6 is 0 Å². The van der Waals surface area contributed by atoms with E-state index in [0.29, 0.717) is 0 Å². The molecule has 0 saturated heterocycles. The van der Waals surface area contributed by atoms with Crippen LogP contribution in [0.5, 0.6) is 0 Å². The summed E-state index contributed by atoms with van der Waals surface area (Å²) in [6.07, 6.45) is 16.2. The number of rotatable bonds is 12. The van der Waals surface area contributed by atoms with E-state index in [1.807, 2.05) is 0 Å². The lowest BCUT2D eigenvalue weighted by Crippen LogP contribution is -3.00. The van der Waals surface area contributed by atoms with Crippen LogP contribution in [0.1, 0.15) is 70.5 Å². The molecular formula is C22H41IN2Si. The van der Waals surface area contributed by atoms with E-state index in [1.54, 1.807) is 0 Å². The molecule has 150 valence electrons. The van der Waals surface area contributed by atoms with E-state index in [4.69, 9.17) is 0 Å². The second kappa shape index (κ2) is 14.7. The molecule has 0 unspecified atom stereocenters. The van der Waals surface area contributed by atoms with Crippen molar-refractivity contribution in [2.24, 2.45) is 0 Å². The highest BCUT2D eigenvalue weighted by molar-refractivity contribution is 6.76. The molecule has 0 aliphatic heterocycles. The van der Waals surface area contributed by atoms with Crippen molar-refractivity contribution in [1.82, 2.24) is 4.57 Å². The minimum Gasteiger partial charge on any atom is -1.00 e. The SMILES string of the molecule is CCCCCC#CCn1cc[n+](CCCCCCC[Si](C)(C)C)c1C.[I-]. The minimum absolute atomic E-state index is 0. The van der Waals surface area contributed by atoms with Crippen LogP contribution in [-0.2, 0) is 13.1 Å². The molecule has 1 aromatic heterocycles. The van der Waals surface area contributed by atoms with E-state index >= 15 is 0 Å². The smallest absolute Gasteiger partial charge is 0.254 e. The Balaban J connectivity index is 0.00000625. The number of hydrogen-bond donors (Lipinski definition) is 0. The zero-order valence-corrected chi connectivity index (χ0v) is 21.1. The van der Waals surface area contributed by atoms with Gasteiger partial charge in [0.2, 0.25) is 0 Å². The number of aromatic nitrogens is 2. The van der Waals surface area contributed by atoms with Crippen molar-refractivity contribution in [3.05, 3.63) is 18.2 Å². The van der Waals surface area contributed by atoms with Crippen LogP contribution in [-0.4, -0.2) is 12.6 Å². The number of nitrogens with zero attached hydrogens (tertiary/aromatic N) is 2. The first-order valence-corrected chi connectivity index (χ1v) is 14.2. The summed E-state index contributed by atoms with van der Waals surface area (Å²) < 4.78 is 4.67. The summed E-state index contributed by atoms with van der Waals surface area (Å²) >= 11 is 0. The second-order valence-electron chi connectivity index (χ2n) is 8.56. The lowest BCUT2D eigenvalue weighted by Gasteiger charge is -2.14. The van der Waals surface area contributed by atoms with Gasteiger partial charge in [-0.1, -0.05) is 76.6 Å². The van der Waals surface area contributed by atoms with Gasteiger partial charge in [0.25, 0.3) is 5.82 Å². The molecule has 2 nitrogen and oxygen atoms in total. The van der Waals surface area contributed by atoms with Crippen molar-refractivity contribution in [2.45, 2.75) is 110 Å². The average molecular weight is 489 g/mol. The van der Waals surface area contributed by atoms with Gasteiger partial charge in [0.1, 0.15) is 12.4 Å². The summed E-state index contributed by atoms with van der Waals surface area (Å²) in [6, 6.07) is 1.49. The van der Waals surface area contributed by atoms with Crippen LogP contribution < -0.4 is 28.5 Å². The van der Waals surface area contributed by atoms with Crippen molar-refractivity contribution < 1.29 is 28.5 Å². The van der Waals surface area contributed by atoms with Gasteiger partial charge in [-0.3, -0.25) is 0 Å². The molecule has 0 radical (unpaired) electrons. The minimum atomic E-state index is -0.822. The Morgan fingerprint density at radius 2 is 1.65 bits per heavy atom. The number of hydrogen-bond acceptors (Lipinski definition) is 0. The van der Waals surface area contributed by atoms with E-state index in [9.17, 15) is 0 Å². The number of unbranched alkanes of at least 4 members (excludes halogenated alkanes) is 7. The van der Waals surface area contributed by atoms with E-state index < -0.39 is 8.07 Å². The Morgan fingerprint density at radius 3 is 2.35 bits per heavy atom. The maximum Gasteiger partial charge on any atom is 0.254 e. The third-order valence-electron chi connectivity index (χ3n) is 4.86. The summed E-state index contributed by atoms with van der Waals surface area (Å²) in [5.41, 5.74) is 0. The first kappa shape index (κ1) is 25.7. The zero-order chi connectivity index (χ0) is 18.5. The molecule has 0 N–H and O–H groups in total. The number of aryl methyl sites for hydroxylation is 1. The maximum atomic E-state index is 3.32. The Bertz CT molecular complexity index is 535. The first-order valence-electron chi connectivity index (χ1n) is 10.4. The molecule has 0 atom stereocenters. The topological polar surface area (TPSA) is 8.81 Å². The lowest BCUT2D eigenvalue weighted by atomic mass is 10.1. The van der Waals surface area contributed by atoms with Crippen molar-refractivity contribution in [3.8, 4) is 11.8 Å². The van der Waals surface area contributed by atoms with Gasteiger partial charge in [0.15, 0.2) is 6.54 Å². The quantitative estimate of drug-likeness (QED) is 0.141. The molecule has 4 heteroatoms. The van der Waals surface area contributed by atoms with Crippen LogP contribution in [0, 0.1) is 18.8 Å². The van der Waals surface area contributed by atoms with E-state index in [2.05, 4.69) is 66.9 Å². The highest BCUT2D eigenvalue weighted by Crippen LogP contribution is 2.15. The highest BCUT2D eigenvalue weighted by atomic mass is 127. The molecule has 0 spiro atoms. The normalized spacial score (nSPS) is 11.0. The lowest BCUT2D eigenvalue weighted by molar-refractivity contribution is -0.702. The summed E-state index contributed by atoms with van der Waals surface area (Å²) in [6.45, 7) is 13.9. The van der Waals surface area contributed by atoms with Gasteiger partial charge in [-0.05, 0) is 19.3 Å². The van der Waals surface area contributed by atoms with E-state index in [0.717, 1.165) is 19.5 Å². The number of halogens is 1. The molecule has 1 aromatic rings. The predicted octanol–water partition coefficient (Wildman–Crippen LogP) is 2.96. The fourth-order valence-electron chi connectivity index (χ4n) is 3.11. The molecule has 0 bridgehead atoms. The molecule has 1 heterocycles. The highest BCUT2D eigenvalue weighted by Gasteiger charge is 2.12. The van der Waals surface area contributed by atoms with E-state index in [-0.39, 0.29) is 24.0 Å². The largest absolute Gasteiger partial charge is 1.00 e. The molecule has 0 aromatic carbocycles. The summed E-state index contributed by atoms with van der Waals surface area (Å²) in [5.74, 6) is 7.97. The molecule has 0 aliphatic carbocycles. The molecular weight excluding hydrogens is 447 g/mol. The summed E-state index contributed by atoms with van der Waals surface area (Å²) in [5, 5.41) is 0. The molecule has 0 fully saturated rings. The molecule has 0 amide bonds. The fraction of sp³-hybridized carbons (Fsp3) is 0.773. The molecule has 1 rings (SSSR count). The number of imidazole rings is 1. The third-order valence-corrected chi connectivity index (χ3v) is 6.72. The van der Waals surface area contributed by atoms with Crippen molar-refractivity contribution in [1.29, 1.82) is 0 Å². The van der Waals surface area contributed by atoms with Crippen LogP contribution in [0.4, 0.5) is 0 Å². The van der Waals surface area contributed by atoms with Gasteiger partial charge in [0.05, 0.1) is 6.54 Å². The molecule has 26 heavy (non-hydrogen) atoms. The van der Waals surface area contributed by atoms with Gasteiger partial charge >= 0.3 is 0 Å². The van der Waals surface area contributed by atoms with Crippen LogP contribution in [0.15, 0.2) is 12.4 Å². The predicted molar refractivity (Wildman–Crippen MR) is 113 cm³/mol. The van der Waals surface area contributed by atoms with Crippen LogP contribution in [0.3, 0.4) is 0 Å². The van der Waals surface area contributed by atoms with Crippen LogP contribution in [0.2, 0.25) is 25.7 Å². The van der Waals surface area contributed by atoms with Crippen LogP contribution in [0.25, 0.3) is 0 Å². The van der Waals surface area contributed by atoms with Crippen molar-refractivity contribution in [3.63, 3.8) is 0 Å². The van der Waals surface area contributed by atoms with Crippen molar-refractivity contribution in [2.75, 3.05) is 0 Å². The first-order chi connectivity index (χ1) is 11.9. The van der Waals surface area contributed by atoms with Gasteiger partial charge in [-0.25, -0.2) is 9.13 Å². The Labute approximate surface area is 181 Å². The average Bonchev–Trinajstić information content (AvgIpc) is 2.89. The fourth-order valence-corrected chi connectivity index (χ4v) is 4.42. The molecule has 0 saturated carbocycles. The summed E-state index contributed by atoms with van der Waals surface area (Å²) in [4.78, 5) is 0. The monoisotopic (exact) mass is 488 g/mol. The van der Waals surface area contributed by atoms with Gasteiger partial charge in [-0.2, -0.15) is 0 Å². The Hall–Kier alpha value is -0.283. The van der Waals surface area contributed by atoms with Crippen molar-refractivity contribution >= 4 is 8.07 Å². The zero-order valence-electron chi connectivity index (χ0n) is 17.9. The Morgan fingerprint density at radius 1 is 0.962 bits per heavy atom. The standard InChI is InChI=1S/C22H41N2Si.HI/c1-6-7-8-9-11-14-17-23-19-20-24(22(23)2)18-15-12-10-13-16-21-25(3,4)5;/h19-20H,6-10,12-13,15-18,21H2,1-5H3;1H/q+1;/p-1.